The molecule has 0 saturated carbocycles. The van der Waals surface area contributed by atoms with Gasteiger partial charge in [-0.3, -0.25) is 14.4 Å². The van der Waals surface area contributed by atoms with Gasteiger partial charge in [0.15, 0.2) is 6.10 Å². The van der Waals surface area contributed by atoms with Crippen LogP contribution in [0, 0.1) is 0 Å². The number of hydrogen-bond donors (Lipinski definition) is 0. The Morgan fingerprint density at radius 3 is 1.43 bits per heavy atom. The van der Waals surface area contributed by atoms with Crippen molar-refractivity contribution in [2.24, 2.45) is 0 Å². The highest BCUT2D eigenvalue weighted by Crippen LogP contribution is 2.11. The molecule has 0 rings (SSSR count). The van der Waals surface area contributed by atoms with E-state index in [1.54, 1.807) is 0 Å². The molecule has 1 unspecified atom stereocenters. The highest BCUT2D eigenvalue weighted by Gasteiger charge is 2.19. The van der Waals surface area contributed by atoms with Crippen molar-refractivity contribution in [1.29, 1.82) is 0 Å². The number of unbranched alkanes of at least 4 members (excludes halogenated alkanes) is 12. The predicted octanol–water partition coefficient (Wildman–Crippen LogP) is 13.1. The minimum atomic E-state index is -0.815. The lowest BCUT2D eigenvalue weighted by Crippen LogP contribution is -2.30. The second kappa shape index (κ2) is 41.1. The van der Waals surface area contributed by atoms with E-state index in [4.69, 9.17) is 14.2 Å². The molecule has 0 saturated heterocycles. The van der Waals surface area contributed by atoms with Gasteiger partial charge >= 0.3 is 17.9 Å². The second-order valence-corrected chi connectivity index (χ2v) is 13.2. The first-order valence-electron chi connectivity index (χ1n) is 20.8. The number of carbonyl (C=O) groups is 3. The average Bonchev–Trinajstić information content (AvgIpc) is 3.15. The Labute approximate surface area is 324 Å². The third-order valence-electron chi connectivity index (χ3n) is 8.18. The molecule has 1 atom stereocenters. The fraction of sp³-hybridized carbons (Fsp3) is 0.596. The maximum absolute atomic E-state index is 12.7. The molecule has 0 aliphatic rings. The summed E-state index contributed by atoms with van der Waals surface area (Å²) in [5.74, 6) is -1.03. The zero-order chi connectivity index (χ0) is 38.7. The lowest BCUT2D eigenvalue weighted by Gasteiger charge is -2.18. The number of rotatable bonds is 35. The van der Waals surface area contributed by atoms with Crippen molar-refractivity contribution >= 4 is 17.9 Å². The Balaban J connectivity index is 4.57. The third kappa shape index (κ3) is 39.4. The Kier molecular flexibility index (Phi) is 38.2. The second-order valence-electron chi connectivity index (χ2n) is 13.2. The van der Waals surface area contributed by atoms with Gasteiger partial charge in [-0.1, -0.05) is 163 Å². The van der Waals surface area contributed by atoms with Gasteiger partial charge in [-0.2, -0.15) is 0 Å². The van der Waals surface area contributed by atoms with Crippen molar-refractivity contribution in [3.63, 3.8) is 0 Å². The first-order chi connectivity index (χ1) is 26.0. The fourth-order valence-corrected chi connectivity index (χ4v) is 5.08. The highest BCUT2D eigenvalue weighted by molar-refractivity contribution is 5.71. The van der Waals surface area contributed by atoms with Crippen LogP contribution in [0.15, 0.2) is 97.2 Å². The first kappa shape index (κ1) is 49.3. The van der Waals surface area contributed by atoms with E-state index in [2.05, 4.69) is 63.3 Å². The van der Waals surface area contributed by atoms with Gasteiger partial charge in [0, 0.05) is 19.3 Å². The fourth-order valence-electron chi connectivity index (χ4n) is 5.08. The zero-order valence-electron chi connectivity index (χ0n) is 33.7. The van der Waals surface area contributed by atoms with E-state index < -0.39 is 6.10 Å². The smallest absolute Gasteiger partial charge is 0.306 e. The molecule has 298 valence electrons. The summed E-state index contributed by atoms with van der Waals surface area (Å²) in [5, 5.41) is 0. The molecule has 0 aliphatic heterocycles. The molecular weight excluding hydrogens is 661 g/mol. The molecule has 0 bridgehead atoms. The van der Waals surface area contributed by atoms with Crippen molar-refractivity contribution < 1.29 is 28.6 Å². The maximum Gasteiger partial charge on any atom is 0.306 e. The summed E-state index contributed by atoms with van der Waals surface area (Å²) in [7, 11) is 0. The molecule has 0 radical (unpaired) electrons. The summed E-state index contributed by atoms with van der Waals surface area (Å²) in [5.41, 5.74) is 0. The predicted molar refractivity (Wildman–Crippen MR) is 224 cm³/mol. The number of carbonyl (C=O) groups excluding carboxylic acids is 3. The van der Waals surface area contributed by atoms with E-state index in [1.807, 2.05) is 54.7 Å². The molecule has 6 heteroatoms. The van der Waals surface area contributed by atoms with E-state index in [-0.39, 0.29) is 37.5 Å². The number of esters is 3. The van der Waals surface area contributed by atoms with E-state index >= 15 is 0 Å². The average molecular weight is 735 g/mol. The molecule has 0 aromatic heterocycles. The molecule has 0 N–H and O–H groups in total. The Bertz CT molecular complexity index is 1120. The molecule has 53 heavy (non-hydrogen) atoms. The van der Waals surface area contributed by atoms with Gasteiger partial charge in [0.05, 0.1) is 0 Å². The summed E-state index contributed by atoms with van der Waals surface area (Å²) in [6, 6.07) is 0. The van der Waals surface area contributed by atoms with E-state index in [1.165, 1.54) is 12.8 Å². The van der Waals surface area contributed by atoms with Crippen molar-refractivity contribution in [3.8, 4) is 0 Å². The van der Waals surface area contributed by atoms with Crippen LogP contribution in [0.4, 0.5) is 0 Å². The Morgan fingerprint density at radius 1 is 0.415 bits per heavy atom. The minimum absolute atomic E-state index is 0.114. The molecule has 0 aromatic rings. The topological polar surface area (TPSA) is 78.9 Å². The van der Waals surface area contributed by atoms with Crippen LogP contribution in [0.5, 0.6) is 0 Å². The zero-order valence-corrected chi connectivity index (χ0v) is 33.7. The van der Waals surface area contributed by atoms with Crippen molar-refractivity contribution in [3.05, 3.63) is 97.2 Å². The molecule has 0 aromatic carbocycles. The van der Waals surface area contributed by atoms with Gasteiger partial charge in [-0.25, -0.2) is 0 Å². The SMILES string of the molecule is CC\C=C/C=C\C=C/C=C\C=C/CCCC(=O)OCC(COC(=O)CCCCCC/C=C\CCCC)OC(=O)CCCCCCC/C=C\C/C=C\CC. The number of allylic oxidation sites excluding steroid dienone is 16. The molecule has 0 heterocycles. The van der Waals surface area contributed by atoms with Gasteiger partial charge in [-0.05, 0) is 77.0 Å². The van der Waals surface area contributed by atoms with Crippen LogP contribution in [0.25, 0.3) is 0 Å². The Hall–Kier alpha value is -3.67. The van der Waals surface area contributed by atoms with Crippen LogP contribution >= 0.6 is 0 Å². The van der Waals surface area contributed by atoms with Crippen LogP contribution in [0.1, 0.15) is 162 Å². The monoisotopic (exact) mass is 735 g/mol. The van der Waals surface area contributed by atoms with Gasteiger partial charge < -0.3 is 14.2 Å². The van der Waals surface area contributed by atoms with Gasteiger partial charge in [0.2, 0.25) is 0 Å². The lowest BCUT2D eigenvalue weighted by molar-refractivity contribution is -0.167. The highest BCUT2D eigenvalue weighted by atomic mass is 16.6. The first-order valence-corrected chi connectivity index (χ1v) is 20.8. The van der Waals surface area contributed by atoms with E-state index in [9.17, 15) is 14.4 Å². The summed E-state index contributed by atoms with van der Waals surface area (Å²) < 4.78 is 16.5. The molecule has 0 amide bonds. The van der Waals surface area contributed by atoms with Crippen LogP contribution in [-0.2, 0) is 28.6 Å². The van der Waals surface area contributed by atoms with Crippen molar-refractivity contribution in [2.75, 3.05) is 13.2 Å². The van der Waals surface area contributed by atoms with Crippen molar-refractivity contribution in [2.45, 2.75) is 168 Å². The molecular formula is C47H74O6. The van der Waals surface area contributed by atoms with E-state index in [0.29, 0.717) is 19.3 Å². The van der Waals surface area contributed by atoms with E-state index in [0.717, 1.165) is 103 Å². The molecule has 0 aliphatic carbocycles. The molecule has 6 nitrogen and oxygen atoms in total. The quantitative estimate of drug-likeness (QED) is 0.0212. The molecule has 0 spiro atoms. The van der Waals surface area contributed by atoms with Crippen LogP contribution in [-0.4, -0.2) is 37.2 Å². The van der Waals surface area contributed by atoms with Gasteiger partial charge in [-0.15, -0.1) is 0 Å². The standard InChI is InChI=1S/C47H74O6/c1-4-7-10-13-16-19-22-24-26-28-31-34-37-40-46(49)52-43-44(42-51-45(48)39-36-33-30-27-21-18-15-12-9-6-3)53-47(50)41-38-35-32-29-25-23-20-17-14-11-8-5-2/h7-8,10-11,13,15-20,22,24,26,28,31,44H,4-6,9,12,14,21,23,25,27,29-30,32-43H2,1-3H3/b10-7-,11-8-,16-13-,18-15-,20-17-,22-19-,26-24-,31-28-. The Morgan fingerprint density at radius 2 is 0.849 bits per heavy atom. The van der Waals surface area contributed by atoms with Crippen LogP contribution in [0.3, 0.4) is 0 Å². The largest absolute Gasteiger partial charge is 0.462 e. The summed E-state index contributed by atoms with van der Waals surface area (Å²) >= 11 is 0. The summed E-state index contributed by atoms with van der Waals surface area (Å²) in [4.78, 5) is 37.5. The lowest BCUT2D eigenvalue weighted by atomic mass is 10.1. The van der Waals surface area contributed by atoms with Crippen molar-refractivity contribution in [1.82, 2.24) is 0 Å². The number of ether oxygens (including phenoxy) is 3. The van der Waals surface area contributed by atoms with Gasteiger partial charge in [0.25, 0.3) is 0 Å². The van der Waals surface area contributed by atoms with Crippen LogP contribution in [0.2, 0.25) is 0 Å². The third-order valence-corrected chi connectivity index (χ3v) is 8.18. The maximum atomic E-state index is 12.7. The molecule has 0 fully saturated rings. The minimum Gasteiger partial charge on any atom is -0.462 e. The summed E-state index contributed by atoms with van der Waals surface area (Å²) in [6.07, 6.45) is 52.6. The van der Waals surface area contributed by atoms with Crippen LogP contribution < -0.4 is 0 Å². The normalized spacial score (nSPS) is 13.0. The van der Waals surface area contributed by atoms with Gasteiger partial charge in [0.1, 0.15) is 13.2 Å². The number of hydrogen-bond acceptors (Lipinski definition) is 6. The summed E-state index contributed by atoms with van der Waals surface area (Å²) in [6.45, 7) is 6.21.